The molecule has 0 radical (unpaired) electrons. The summed E-state index contributed by atoms with van der Waals surface area (Å²) < 4.78 is 5.30. The van der Waals surface area contributed by atoms with E-state index in [0.717, 1.165) is 0 Å². The lowest BCUT2D eigenvalue weighted by Crippen LogP contribution is -2.37. The van der Waals surface area contributed by atoms with Gasteiger partial charge in [-0.15, -0.1) is 0 Å². The van der Waals surface area contributed by atoms with E-state index in [9.17, 15) is 14.4 Å². The van der Waals surface area contributed by atoms with Crippen LogP contribution >= 0.6 is 0 Å². The second-order valence-corrected chi connectivity index (χ2v) is 3.73. The Labute approximate surface area is 110 Å². The van der Waals surface area contributed by atoms with Gasteiger partial charge in [0.2, 0.25) is 6.41 Å². The van der Waals surface area contributed by atoms with Crippen molar-refractivity contribution in [3.63, 3.8) is 0 Å². The van der Waals surface area contributed by atoms with Crippen molar-refractivity contribution in [2.75, 3.05) is 6.61 Å². The van der Waals surface area contributed by atoms with Crippen molar-refractivity contribution in [1.82, 2.24) is 5.32 Å². The number of carboxylic acid groups (broad SMARTS) is 1. The van der Waals surface area contributed by atoms with E-state index in [1.807, 2.05) is 0 Å². The summed E-state index contributed by atoms with van der Waals surface area (Å²) in [5.74, 6) is -1.25. The predicted octanol–water partition coefficient (Wildman–Crippen LogP) is 0.857. The third-order valence-electron chi connectivity index (χ3n) is 2.44. The van der Waals surface area contributed by atoms with Gasteiger partial charge in [0, 0.05) is 6.42 Å². The molecule has 0 saturated heterocycles. The highest BCUT2D eigenvalue weighted by molar-refractivity contribution is 6.01. The van der Waals surface area contributed by atoms with Crippen LogP contribution in [-0.4, -0.2) is 35.9 Å². The first-order valence-corrected chi connectivity index (χ1v) is 5.77. The maximum atomic E-state index is 12.0. The Hall–Kier alpha value is -2.37. The quantitative estimate of drug-likeness (QED) is 0.537. The number of hydrogen-bond donors (Lipinski definition) is 2. The van der Waals surface area contributed by atoms with E-state index in [1.165, 1.54) is 0 Å². The highest BCUT2D eigenvalue weighted by Crippen LogP contribution is 2.20. The smallest absolute Gasteiger partial charge is 0.326 e. The van der Waals surface area contributed by atoms with Gasteiger partial charge in [-0.05, 0) is 19.1 Å². The summed E-state index contributed by atoms with van der Waals surface area (Å²) in [5, 5.41) is 11.0. The molecule has 0 spiro atoms. The SMILES string of the molecule is CCOc1ccccc1C(=O)CC(NC=O)C(=O)O. The minimum atomic E-state index is -1.26. The van der Waals surface area contributed by atoms with E-state index < -0.39 is 17.8 Å². The minimum Gasteiger partial charge on any atom is -0.493 e. The molecular formula is C13H15NO5. The van der Waals surface area contributed by atoms with Gasteiger partial charge in [-0.25, -0.2) is 4.79 Å². The number of para-hydroxylation sites is 1. The summed E-state index contributed by atoms with van der Waals surface area (Å²) in [6.45, 7) is 2.19. The number of benzene rings is 1. The molecule has 0 heterocycles. The molecule has 1 aromatic carbocycles. The van der Waals surface area contributed by atoms with Gasteiger partial charge in [-0.2, -0.15) is 0 Å². The average molecular weight is 265 g/mol. The molecule has 0 aromatic heterocycles. The predicted molar refractivity (Wildman–Crippen MR) is 67.2 cm³/mol. The first kappa shape index (κ1) is 14.7. The Morgan fingerprint density at radius 3 is 2.68 bits per heavy atom. The summed E-state index contributed by atoms with van der Waals surface area (Å²) >= 11 is 0. The first-order chi connectivity index (χ1) is 9.10. The van der Waals surface area contributed by atoms with Gasteiger partial charge in [0.25, 0.3) is 0 Å². The molecule has 0 saturated carbocycles. The van der Waals surface area contributed by atoms with Crippen molar-refractivity contribution in [2.24, 2.45) is 0 Å². The van der Waals surface area contributed by atoms with Crippen molar-refractivity contribution >= 4 is 18.2 Å². The number of hydrogen-bond acceptors (Lipinski definition) is 4. The van der Waals surface area contributed by atoms with Crippen LogP contribution in [0.3, 0.4) is 0 Å². The molecular weight excluding hydrogens is 250 g/mol. The third kappa shape index (κ3) is 4.09. The summed E-state index contributed by atoms with van der Waals surface area (Å²) in [5.41, 5.74) is 0.309. The maximum absolute atomic E-state index is 12.0. The topological polar surface area (TPSA) is 92.7 Å². The summed E-state index contributed by atoms with van der Waals surface area (Å²) in [7, 11) is 0. The monoisotopic (exact) mass is 265 g/mol. The number of carboxylic acids is 1. The first-order valence-electron chi connectivity index (χ1n) is 5.77. The van der Waals surface area contributed by atoms with Gasteiger partial charge in [0.05, 0.1) is 12.2 Å². The standard InChI is InChI=1S/C13H15NO5/c1-2-19-12-6-4-3-5-9(12)11(16)7-10(13(17)18)14-8-15/h3-6,8,10H,2,7H2,1H3,(H,14,15)(H,17,18). The number of ether oxygens (including phenoxy) is 1. The van der Waals surface area contributed by atoms with Crippen LogP contribution in [0.1, 0.15) is 23.7 Å². The van der Waals surface area contributed by atoms with E-state index in [-0.39, 0.29) is 12.8 Å². The molecule has 6 nitrogen and oxygen atoms in total. The molecule has 2 N–H and O–H groups in total. The van der Waals surface area contributed by atoms with Crippen LogP contribution in [0.15, 0.2) is 24.3 Å². The zero-order valence-corrected chi connectivity index (χ0v) is 10.5. The van der Waals surface area contributed by atoms with Crippen molar-refractivity contribution < 1.29 is 24.2 Å². The lowest BCUT2D eigenvalue weighted by molar-refractivity contribution is -0.140. The molecule has 6 heteroatoms. The zero-order valence-electron chi connectivity index (χ0n) is 10.5. The normalized spacial score (nSPS) is 11.4. The fraction of sp³-hybridized carbons (Fsp3) is 0.308. The van der Waals surface area contributed by atoms with Gasteiger partial charge in [0.1, 0.15) is 11.8 Å². The molecule has 0 bridgehead atoms. The maximum Gasteiger partial charge on any atom is 0.326 e. The molecule has 102 valence electrons. The van der Waals surface area contributed by atoms with Crippen LogP contribution in [0.2, 0.25) is 0 Å². The molecule has 19 heavy (non-hydrogen) atoms. The summed E-state index contributed by atoms with van der Waals surface area (Å²) in [6, 6.07) is 5.35. The van der Waals surface area contributed by atoms with Crippen LogP contribution in [0.4, 0.5) is 0 Å². The molecule has 0 fully saturated rings. The highest BCUT2D eigenvalue weighted by atomic mass is 16.5. The fourth-order valence-corrected chi connectivity index (χ4v) is 1.57. The van der Waals surface area contributed by atoms with Crippen LogP contribution in [0.5, 0.6) is 5.75 Å². The van der Waals surface area contributed by atoms with Crippen molar-refractivity contribution in [3.8, 4) is 5.75 Å². The molecule has 1 atom stereocenters. The fourth-order valence-electron chi connectivity index (χ4n) is 1.57. The number of rotatable bonds is 8. The second-order valence-electron chi connectivity index (χ2n) is 3.73. The molecule has 1 aromatic rings. The van der Waals surface area contributed by atoms with Crippen molar-refractivity contribution in [1.29, 1.82) is 0 Å². The summed E-state index contributed by atoms with van der Waals surface area (Å²) in [6.07, 6.45) is -0.0569. The number of carbonyl (C=O) groups is 3. The van der Waals surface area contributed by atoms with E-state index >= 15 is 0 Å². The van der Waals surface area contributed by atoms with Crippen LogP contribution in [0.25, 0.3) is 0 Å². The van der Waals surface area contributed by atoms with Crippen LogP contribution in [-0.2, 0) is 9.59 Å². The highest BCUT2D eigenvalue weighted by Gasteiger charge is 2.22. The molecule has 0 aliphatic heterocycles. The molecule has 1 rings (SSSR count). The molecule has 1 amide bonds. The van der Waals surface area contributed by atoms with Gasteiger partial charge < -0.3 is 15.2 Å². The lowest BCUT2D eigenvalue weighted by Gasteiger charge is -2.12. The van der Waals surface area contributed by atoms with E-state index in [2.05, 4.69) is 5.32 Å². The number of aliphatic carboxylic acids is 1. The number of carbonyl (C=O) groups excluding carboxylic acids is 2. The van der Waals surface area contributed by atoms with E-state index in [1.54, 1.807) is 31.2 Å². The number of Topliss-reactive ketones (excluding diaryl/α,β-unsaturated/α-hetero) is 1. The number of amides is 1. The number of ketones is 1. The molecule has 0 aliphatic carbocycles. The Morgan fingerprint density at radius 1 is 1.42 bits per heavy atom. The Bertz CT molecular complexity index is 472. The minimum absolute atomic E-state index is 0.264. The average Bonchev–Trinajstić information content (AvgIpc) is 2.39. The van der Waals surface area contributed by atoms with E-state index in [0.29, 0.717) is 17.9 Å². The number of nitrogens with one attached hydrogen (secondary N) is 1. The van der Waals surface area contributed by atoms with E-state index in [4.69, 9.17) is 9.84 Å². The van der Waals surface area contributed by atoms with Gasteiger partial charge in [0.15, 0.2) is 5.78 Å². The Kier molecular flexibility index (Phi) is 5.53. The zero-order chi connectivity index (χ0) is 14.3. The lowest BCUT2D eigenvalue weighted by atomic mass is 10.0. The van der Waals surface area contributed by atoms with Gasteiger partial charge in [-0.3, -0.25) is 9.59 Å². The van der Waals surface area contributed by atoms with Gasteiger partial charge in [-0.1, -0.05) is 12.1 Å². The second kappa shape index (κ2) is 7.15. The van der Waals surface area contributed by atoms with Gasteiger partial charge >= 0.3 is 5.97 Å². The Balaban J connectivity index is 2.87. The Morgan fingerprint density at radius 2 is 2.11 bits per heavy atom. The van der Waals surface area contributed by atoms with Crippen molar-refractivity contribution in [2.45, 2.75) is 19.4 Å². The third-order valence-corrected chi connectivity index (χ3v) is 2.44. The summed E-state index contributed by atoms with van der Waals surface area (Å²) in [4.78, 5) is 33.2. The van der Waals surface area contributed by atoms with Crippen LogP contribution in [0, 0.1) is 0 Å². The van der Waals surface area contributed by atoms with Crippen LogP contribution < -0.4 is 10.1 Å². The molecule has 0 aliphatic rings. The van der Waals surface area contributed by atoms with Crippen molar-refractivity contribution in [3.05, 3.63) is 29.8 Å². The largest absolute Gasteiger partial charge is 0.493 e. The molecule has 1 unspecified atom stereocenters.